The van der Waals surface area contributed by atoms with Crippen LogP contribution < -0.4 is 14.8 Å². The molecule has 2 aromatic rings. The molecule has 186 valence electrons. The van der Waals surface area contributed by atoms with Gasteiger partial charge in [-0.1, -0.05) is 26.0 Å². The van der Waals surface area contributed by atoms with Crippen molar-refractivity contribution in [3.63, 3.8) is 0 Å². The van der Waals surface area contributed by atoms with Crippen LogP contribution in [0.2, 0.25) is 0 Å². The Balaban J connectivity index is 1.52. The van der Waals surface area contributed by atoms with E-state index in [1.807, 2.05) is 27.0 Å². The molecule has 2 amide bonds. The normalized spacial score (nSPS) is 21.4. The van der Waals surface area contributed by atoms with Crippen molar-refractivity contribution in [2.24, 2.45) is 5.41 Å². The molecule has 2 aliphatic rings. The van der Waals surface area contributed by atoms with Crippen LogP contribution in [0.15, 0.2) is 6.20 Å². The largest absolute Gasteiger partial charge is 0.486 e. The van der Waals surface area contributed by atoms with Gasteiger partial charge in [0.25, 0.3) is 0 Å². The van der Waals surface area contributed by atoms with Gasteiger partial charge in [0.05, 0.1) is 38.1 Å². The van der Waals surface area contributed by atoms with Crippen LogP contribution in [-0.2, 0) is 16.1 Å². The highest BCUT2D eigenvalue weighted by Crippen LogP contribution is 2.40. The van der Waals surface area contributed by atoms with Crippen LogP contribution in [0.5, 0.6) is 10.9 Å². The summed E-state index contributed by atoms with van der Waals surface area (Å²) in [5.41, 5.74) is 1.04. The van der Waals surface area contributed by atoms with E-state index in [4.69, 9.17) is 9.47 Å². The summed E-state index contributed by atoms with van der Waals surface area (Å²) in [5.74, 6) is 0.179. The minimum atomic E-state index is -0.803. The average molecular weight is 493 g/mol. The summed E-state index contributed by atoms with van der Waals surface area (Å²) in [6.07, 6.45) is 3.39. The number of carbonyl (C=O) groups excluding carboxylic acids is 2. The fraction of sp³-hybridized carbons (Fsp3) is 0.682. The molecule has 1 saturated carbocycles. The second-order valence-corrected chi connectivity index (χ2v) is 10.7. The Morgan fingerprint density at radius 1 is 1.29 bits per heavy atom. The van der Waals surface area contributed by atoms with Crippen LogP contribution in [0.3, 0.4) is 0 Å². The summed E-state index contributed by atoms with van der Waals surface area (Å²) in [4.78, 5) is 28.4. The van der Waals surface area contributed by atoms with Gasteiger partial charge in [-0.2, -0.15) is 4.37 Å². The lowest BCUT2D eigenvalue weighted by Crippen LogP contribution is -2.50. The molecule has 0 aromatic carbocycles. The third-order valence-corrected chi connectivity index (χ3v) is 7.08. The van der Waals surface area contributed by atoms with E-state index in [1.54, 1.807) is 4.68 Å². The van der Waals surface area contributed by atoms with E-state index >= 15 is 0 Å². The third-order valence-electron chi connectivity index (χ3n) is 6.24. The Labute approximate surface area is 202 Å². The Kier molecular flexibility index (Phi) is 6.81. The monoisotopic (exact) mass is 492 g/mol. The molecule has 2 unspecified atom stereocenters. The average Bonchev–Trinajstić information content (AvgIpc) is 3.19. The predicted octanol–water partition coefficient (Wildman–Crippen LogP) is 1.49. The van der Waals surface area contributed by atoms with Gasteiger partial charge in [0, 0.05) is 36.6 Å². The summed E-state index contributed by atoms with van der Waals surface area (Å²) in [5, 5.41) is 22.3. The summed E-state index contributed by atoms with van der Waals surface area (Å²) >= 11 is 1.13. The lowest BCUT2D eigenvalue weighted by atomic mass is 9.85. The fourth-order valence-corrected chi connectivity index (χ4v) is 5.06. The molecular formula is C22H32N6O5S. The maximum Gasteiger partial charge on any atom is 0.248 e. The first kappa shape index (κ1) is 24.4. The SMILES string of the molecule is COc1nsc(OC)c1CNC(=O)C1CC(O)CN1C(=O)[C@@H](n1cc(C2CC2)nn1)C(C)(C)C. The first-order valence-corrected chi connectivity index (χ1v) is 12.2. The highest BCUT2D eigenvalue weighted by atomic mass is 32.1. The van der Waals surface area contributed by atoms with Gasteiger partial charge >= 0.3 is 0 Å². The number of amides is 2. The van der Waals surface area contributed by atoms with Gasteiger partial charge in [0.1, 0.15) is 12.1 Å². The maximum absolute atomic E-state index is 13.8. The molecular weight excluding hydrogens is 460 g/mol. The number of aliphatic hydroxyl groups is 1. The third kappa shape index (κ3) is 4.88. The van der Waals surface area contributed by atoms with E-state index in [1.165, 1.54) is 19.1 Å². The van der Waals surface area contributed by atoms with E-state index in [2.05, 4.69) is 20.0 Å². The lowest BCUT2D eigenvalue weighted by molar-refractivity contribution is -0.144. The molecule has 11 nitrogen and oxygen atoms in total. The zero-order valence-corrected chi connectivity index (χ0v) is 21.0. The molecule has 3 heterocycles. The number of nitrogens with zero attached hydrogens (tertiary/aromatic N) is 5. The van der Waals surface area contributed by atoms with Gasteiger partial charge in [-0.15, -0.1) is 5.10 Å². The number of methoxy groups -OCH3 is 2. The van der Waals surface area contributed by atoms with Crippen LogP contribution in [0.1, 0.15) is 63.3 Å². The number of aromatic nitrogens is 4. The quantitative estimate of drug-likeness (QED) is 0.567. The van der Waals surface area contributed by atoms with E-state index in [-0.39, 0.29) is 31.3 Å². The summed E-state index contributed by atoms with van der Waals surface area (Å²) in [6, 6.07) is -1.46. The molecule has 4 rings (SSSR count). The van der Waals surface area contributed by atoms with Gasteiger partial charge in [-0.25, -0.2) is 4.68 Å². The van der Waals surface area contributed by atoms with E-state index < -0.39 is 23.6 Å². The molecule has 2 fully saturated rings. The number of ether oxygens (including phenoxy) is 2. The number of nitrogens with one attached hydrogen (secondary N) is 1. The van der Waals surface area contributed by atoms with Crippen LogP contribution in [-0.4, -0.2) is 74.1 Å². The molecule has 0 bridgehead atoms. The minimum Gasteiger partial charge on any atom is -0.486 e. The number of β-amino-alcohol motifs (C(OH)–C–C–N with tert-alkyl or cyclic N) is 1. The first-order chi connectivity index (χ1) is 16.1. The molecule has 2 N–H and O–H groups in total. The molecule has 0 radical (unpaired) electrons. The maximum atomic E-state index is 13.8. The number of aliphatic hydroxyl groups excluding tert-OH is 1. The molecule has 12 heteroatoms. The molecule has 3 atom stereocenters. The van der Waals surface area contributed by atoms with Crippen molar-refractivity contribution in [2.75, 3.05) is 20.8 Å². The van der Waals surface area contributed by atoms with E-state index in [9.17, 15) is 14.7 Å². The topological polar surface area (TPSA) is 132 Å². The second kappa shape index (κ2) is 9.49. The zero-order chi connectivity index (χ0) is 24.6. The molecule has 2 aromatic heterocycles. The lowest BCUT2D eigenvalue weighted by Gasteiger charge is -2.34. The number of hydrogen-bond donors (Lipinski definition) is 2. The van der Waals surface area contributed by atoms with Crippen molar-refractivity contribution in [2.45, 2.75) is 70.7 Å². The summed E-state index contributed by atoms with van der Waals surface area (Å²) in [7, 11) is 3.02. The smallest absolute Gasteiger partial charge is 0.248 e. The molecule has 1 saturated heterocycles. The van der Waals surface area contributed by atoms with Crippen molar-refractivity contribution >= 4 is 23.3 Å². The fourth-order valence-electron chi connectivity index (χ4n) is 4.37. The van der Waals surface area contributed by atoms with Crippen molar-refractivity contribution in [3.05, 3.63) is 17.5 Å². The highest BCUT2D eigenvalue weighted by Gasteiger charge is 2.45. The number of hydrogen-bond acceptors (Lipinski definition) is 9. The second-order valence-electron chi connectivity index (χ2n) is 9.94. The van der Waals surface area contributed by atoms with Crippen LogP contribution in [0.25, 0.3) is 0 Å². The van der Waals surface area contributed by atoms with Gasteiger partial charge in [-0.05, 0) is 18.3 Å². The number of rotatable bonds is 8. The summed E-state index contributed by atoms with van der Waals surface area (Å²) < 4.78 is 16.3. The molecule has 1 aliphatic carbocycles. The zero-order valence-electron chi connectivity index (χ0n) is 20.1. The number of carbonyl (C=O) groups is 2. The van der Waals surface area contributed by atoms with Crippen LogP contribution in [0.4, 0.5) is 0 Å². The van der Waals surface area contributed by atoms with Crippen molar-refractivity contribution in [3.8, 4) is 10.9 Å². The standard InChI is InChI=1S/C22H32N6O5S/c1-22(2,3)17(28-11-15(24-26-28)12-6-7-12)20(31)27-10-13(29)8-16(27)18(30)23-9-14-19(32-4)25-34-21(14)33-5/h11-13,16-17,29H,6-10H2,1-5H3,(H,23,30)/t13?,16?,17-/m1/s1. The first-order valence-electron chi connectivity index (χ1n) is 11.4. The van der Waals surface area contributed by atoms with Gasteiger partial charge < -0.3 is 24.8 Å². The van der Waals surface area contributed by atoms with Gasteiger partial charge in [0.15, 0.2) is 0 Å². The number of likely N-dealkylation sites (tertiary alicyclic amines) is 1. The van der Waals surface area contributed by atoms with Crippen molar-refractivity contribution in [1.82, 2.24) is 29.6 Å². The minimum absolute atomic E-state index is 0.0837. The Morgan fingerprint density at radius 3 is 2.65 bits per heavy atom. The van der Waals surface area contributed by atoms with Gasteiger partial charge in [-0.3, -0.25) is 9.59 Å². The predicted molar refractivity (Wildman–Crippen MR) is 124 cm³/mol. The molecule has 0 spiro atoms. The highest BCUT2D eigenvalue weighted by molar-refractivity contribution is 7.08. The van der Waals surface area contributed by atoms with Crippen molar-refractivity contribution in [1.29, 1.82) is 0 Å². The van der Waals surface area contributed by atoms with Crippen LogP contribution in [0, 0.1) is 5.41 Å². The van der Waals surface area contributed by atoms with E-state index in [0.29, 0.717) is 22.4 Å². The Hall–Kier alpha value is -2.73. The van der Waals surface area contributed by atoms with Crippen molar-refractivity contribution < 1.29 is 24.2 Å². The van der Waals surface area contributed by atoms with E-state index in [0.717, 1.165) is 30.1 Å². The Morgan fingerprint density at radius 2 is 2.03 bits per heavy atom. The molecule has 1 aliphatic heterocycles. The summed E-state index contributed by atoms with van der Waals surface area (Å²) in [6.45, 7) is 6.08. The van der Waals surface area contributed by atoms with Gasteiger partial charge in [0.2, 0.25) is 22.8 Å². The Bertz CT molecular complexity index is 1020. The van der Waals surface area contributed by atoms with Crippen LogP contribution >= 0.6 is 11.5 Å². The molecule has 34 heavy (non-hydrogen) atoms.